The Hall–Kier alpha value is -4.39. The number of hydrogen-bond donors (Lipinski definition) is 1. The van der Waals surface area contributed by atoms with Gasteiger partial charge in [0.15, 0.2) is 5.75 Å². The third kappa shape index (κ3) is 5.43. The first kappa shape index (κ1) is 26.2. The number of ether oxygens (including phenoxy) is 1. The Bertz CT molecular complexity index is 1510. The molecule has 1 aromatic carbocycles. The van der Waals surface area contributed by atoms with Crippen molar-refractivity contribution in [1.82, 2.24) is 24.4 Å². The molecule has 1 aliphatic heterocycles. The highest BCUT2D eigenvalue weighted by molar-refractivity contribution is 5.92. The zero-order valence-electron chi connectivity index (χ0n) is 21.7. The summed E-state index contributed by atoms with van der Waals surface area (Å²) in [6.45, 7) is -1.89. The summed E-state index contributed by atoms with van der Waals surface area (Å²) in [6.07, 6.45) is 6.76. The van der Waals surface area contributed by atoms with Gasteiger partial charge in [-0.1, -0.05) is 0 Å². The fraction of sp³-hybridized carbons (Fsp3) is 0.346. The average Bonchev–Trinajstić information content (AvgIpc) is 3.48. The van der Waals surface area contributed by atoms with Crippen LogP contribution >= 0.6 is 0 Å². The Labute approximate surface area is 223 Å². The fourth-order valence-electron chi connectivity index (χ4n) is 5.08. The van der Waals surface area contributed by atoms with Crippen molar-refractivity contribution in [2.45, 2.75) is 25.5 Å². The van der Waals surface area contributed by atoms with E-state index in [1.165, 1.54) is 18.3 Å². The highest BCUT2D eigenvalue weighted by atomic mass is 19.3. The van der Waals surface area contributed by atoms with Crippen LogP contribution in [0, 0.1) is 10.1 Å². The number of nitrogens with one attached hydrogen (secondary N) is 1. The quantitative estimate of drug-likeness (QED) is 0.237. The van der Waals surface area contributed by atoms with Crippen LogP contribution in [0.2, 0.25) is 0 Å². The summed E-state index contributed by atoms with van der Waals surface area (Å²) in [5, 5.41) is 15.0. The number of likely N-dealkylation sites (N-methyl/N-ethyl adjacent to an activating group) is 1. The van der Waals surface area contributed by atoms with Crippen LogP contribution in [0.1, 0.15) is 12.8 Å². The van der Waals surface area contributed by atoms with Gasteiger partial charge in [-0.15, -0.1) is 0 Å². The molecule has 1 atom stereocenters. The van der Waals surface area contributed by atoms with Gasteiger partial charge in [-0.25, -0.2) is 9.97 Å². The molecule has 4 aromatic rings. The minimum absolute atomic E-state index is 0.00577. The van der Waals surface area contributed by atoms with Gasteiger partial charge in [0.25, 0.3) is 5.69 Å². The van der Waals surface area contributed by atoms with Crippen LogP contribution in [0.15, 0.2) is 48.9 Å². The van der Waals surface area contributed by atoms with Crippen LogP contribution < -0.4 is 15.0 Å². The number of alkyl halides is 2. The number of hydrogen-bond acceptors (Lipinski definition) is 9. The molecular formula is C26H28F2N8O3. The zero-order valence-corrected chi connectivity index (χ0v) is 21.7. The van der Waals surface area contributed by atoms with Crippen molar-refractivity contribution in [3.63, 3.8) is 0 Å². The molecule has 0 spiro atoms. The maximum atomic E-state index is 13.4. The average molecular weight is 539 g/mol. The lowest BCUT2D eigenvalue weighted by Gasteiger charge is -2.29. The molecule has 13 heteroatoms. The topological polar surface area (TPSA) is 114 Å². The summed E-state index contributed by atoms with van der Waals surface area (Å²) in [5.74, 6) is -0.171. The summed E-state index contributed by atoms with van der Waals surface area (Å²) in [7, 11) is 5.74. The fourth-order valence-corrected chi connectivity index (χ4v) is 5.08. The minimum atomic E-state index is -3.13. The van der Waals surface area contributed by atoms with Crippen molar-refractivity contribution in [3.8, 4) is 17.0 Å². The van der Waals surface area contributed by atoms with Crippen molar-refractivity contribution in [2.24, 2.45) is 7.05 Å². The number of benzene rings is 1. The van der Waals surface area contributed by atoms with Gasteiger partial charge in [0.2, 0.25) is 5.95 Å². The largest absolute Gasteiger partial charge is 0.433 e. The molecule has 3 aromatic heterocycles. The van der Waals surface area contributed by atoms with E-state index in [9.17, 15) is 18.9 Å². The van der Waals surface area contributed by atoms with Gasteiger partial charge in [-0.05, 0) is 45.1 Å². The summed E-state index contributed by atoms with van der Waals surface area (Å²) in [6, 6.07) is 7.99. The number of aryl methyl sites for hydroxylation is 1. The maximum Gasteiger partial charge on any atom is 0.387 e. The van der Waals surface area contributed by atoms with Gasteiger partial charge in [0, 0.05) is 62.5 Å². The number of nitrogens with zero attached hydrogens (tertiary/aromatic N) is 7. The predicted molar refractivity (Wildman–Crippen MR) is 144 cm³/mol. The standard InChI is InChI=1S/C26H28F2N8O3/c1-33(2)14-16-6-5-11-35(16)21-13-23(39-25(27)28)19(12-22(21)36(37)38)32-26-30-10-8-18(31-26)17-15-34(3)20-7-4-9-29-24(17)20/h4,7-10,12-13,15-16,25H,5-6,11,14H2,1-3H3,(H,30,31,32)/t16-/m0/s1. The maximum absolute atomic E-state index is 13.4. The van der Waals surface area contributed by atoms with Crippen LogP contribution in [-0.2, 0) is 7.05 Å². The predicted octanol–water partition coefficient (Wildman–Crippen LogP) is 4.81. The van der Waals surface area contributed by atoms with Crippen molar-refractivity contribution < 1.29 is 18.4 Å². The van der Waals surface area contributed by atoms with Crippen molar-refractivity contribution in [1.29, 1.82) is 0 Å². The first-order chi connectivity index (χ1) is 18.7. The zero-order chi connectivity index (χ0) is 27.7. The molecule has 0 bridgehead atoms. The van der Waals surface area contributed by atoms with E-state index >= 15 is 0 Å². The molecule has 1 fully saturated rings. The Morgan fingerprint density at radius 1 is 1.26 bits per heavy atom. The van der Waals surface area contributed by atoms with Crippen LogP contribution in [0.5, 0.6) is 5.75 Å². The van der Waals surface area contributed by atoms with E-state index in [1.807, 2.05) is 53.8 Å². The summed E-state index contributed by atoms with van der Waals surface area (Å²) < 4.78 is 33.6. The van der Waals surface area contributed by atoms with E-state index in [4.69, 9.17) is 4.74 Å². The summed E-state index contributed by atoms with van der Waals surface area (Å²) in [5.41, 5.74) is 2.93. The molecule has 1 aliphatic rings. The van der Waals surface area contributed by atoms with Gasteiger partial charge >= 0.3 is 6.61 Å². The molecule has 5 rings (SSSR count). The first-order valence-electron chi connectivity index (χ1n) is 12.4. The second-order valence-corrected chi connectivity index (χ2v) is 9.64. The first-order valence-corrected chi connectivity index (χ1v) is 12.4. The second-order valence-electron chi connectivity index (χ2n) is 9.64. The highest BCUT2D eigenvalue weighted by Crippen LogP contribution is 2.42. The molecule has 0 saturated carbocycles. The van der Waals surface area contributed by atoms with E-state index in [-0.39, 0.29) is 34.8 Å². The van der Waals surface area contributed by atoms with E-state index in [2.05, 4.69) is 20.3 Å². The molecule has 0 radical (unpaired) electrons. The van der Waals surface area contributed by atoms with Crippen molar-refractivity contribution in [2.75, 3.05) is 37.4 Å². The van der Waals surface area contributed by atoms with Gasteiger partial charge in [-0.2, -0.15) is 8.78 Å². The smallest absolute Gasteiger partial charge is 0.387 e. The lowest BCUT2D eigenvalue weighted by atomic mass is 10.1. The van der Waals surface area contributed by atoms with E-state index in [1.54, 1.807) is 12.3 Å². The normalized spacial score (nSPS) is 15.5. The van der Waals surface area contributed by atoms with Crippen LogP contribution in [0.3, 0.4) is 0 Å². The van der Waals surface area contributed by atoms with Crippen molar-refractivity contribution >= 4 is 34.0 Å². The highest BCUT2D eigenvalue weighted by Gasteiger charge is 2.32. The Balaban J connectivity index is 1.54. The number of aromatic nitrogens is 4. The molecule has 39 heavy (non-hydrogen) atoms. The number of anilines is 3. The van der Waals surface area contributed by atoms with Gasteiger partial charge in [0.1, 0.15) is 5.69 Å². The number of nitro groups is 1. The van der Waals surface area contributed by atoms with Crippen molar-refractivity contribution in [3.05, 3.63) is 59.0 Å². The Kier molecular flexibility index (Phi) is 7.24. The molecule has 0 unspecified atom stereocenters. The molecule has 1 N–H and O–H groups in total. The molecule has 11 nitrogen and oxygen atoms in total. The lowest BCUT2D eigenvalue weighted by Crippen LogP contribution is -2.37. The lowest BCUT2D eigenvalue weighted by molar-refractivity contribution is -0.384. The number of nitro benzene ring substituents is 1. The Morgan fingerprint density at radius 3 is 2.82 bits per heavy atom. The summed E-state index contributed by atoms with van der Waals surface area (Å²) in [4.78, 5) is 28.7. The number of rotatable bonds is 9. The molecule has 0 aliphatic carbocycles. The molecule has 0 amide bonds. The molecule has 204 valence electrons. The molecule has 1 saturated heterocycles. The second kappa shape index (κ2) is 10.8. The Morgan fingerprint density at radius 2 is 2.08 bits per heavy atom. The summed E-state index contributed by atoms with van der Waals surface area (Å²) >= 11 is 0. The van der Waals surface area contributed by atoms with Gasteiger partial charge in [0.05, 0.1) is 27.3 Å². The van der Waals surface area contributed by atoms with E-state index in [0.717, 1.165) is 29.4 Å². The SMILES string of the molecule is CN(C)C[C@@H]1CCCN1c1cc(OC(F)F)c(Nc2nccc(-c3cn(C)c4cccnc34)n2)cc1[N+](=O)[O-]. The van der Waals surface area contributed by atoms with E-state index in [0.29, 0.717) is 18.8 Å². The van der Waals surface area contributed by atoms with E-state index < -0.39 is 11.5 Å². The number of halogens is 2. The minimum Gasteiger partial charge on any atom is -0.433 e. The van der Waals surface area contributed by atoms with Gasteiger partial charge < -0.3 is 24.4 Å². The number of pyridine rings is 1. The van der Waals surface area contributed by atoms with Crippen LogP contribution in [0.4, 0.5) is 31.8 Å². The molecular weight excluding hydrogens is 510 g/mol. The monoisotopic (exact) mass is 538 g/mol. The third-order valence-electron chi connectivity index (χ3n) is 6.67. The third-order valence-corrected chi connectivity index (χ3v) is 6.67. The van der Waals surface area contributed by atoms with Crippen LogP contribution in [-0.4, -0.2) is 69.2 Å². The van der Waals surface area contributed by atoms with Crippen LogP contribution in [0.25, 0.3) is 22.3 Å². The molecule has 4 heterocycles. The number of fused-ring (bicyclic) bond motifs is 1. The van der Waals surface area contributed by atoms with Gasteiger partial charge in [-0.3, -0.25) is 15.1 Å².